The van der Waals surface area contributed by atoms with Crippen LogP contribution in [0.5, 0.6) is 0 Å². The lowest BCUT2D eigenvalue weighted by atomic mass is 10.1. The standard InChI is InChI=1S/C24H14N2S/c1-3-7-17-13(5-1)15-9-11-19-21(23(15)25-17)22-20(27-19)12-10-16-14-6-2-4-8-18(14)26-24(16)22/h1-12,25-26H. The van der Waals surface area contributed by atoms with Crippen LogP contribution in [0.15, 0.2) is 72.8 Å². The van der Waals surface area contributed by atoms with Gasteiger partial charge in [-0.1, -0.05) is 48.5 Å². The Morgan fingerprint density at radius 1 is 0.481 bits per heavy atom. The molecule has 3 heterocycles. The third-order valence-electron chi connectivity index (χ3n) is 5.76. The number of para-hydroxylation sites is 2. The van der Waals surface area contributed by atoms with Gasteiger partial charge < -0.3 is 9.97 Å². The van der Waals surface area contributed by atoms with Crippen LogP contribution in [0, 0.1) is 0 Å². The van der Waals surface area contributed by atoms with Gasteiger partial charge in [-0.15, -0.1) is 11.3 Å². The van der Waals surface area contributed by atoms with E-state index in [4.69, 9.17) is 0 Å². The van der Waals surface area contributed by atoms with Crippen LogP contribution in [0.3, 0.4) is 0 Å². The molecule has 3 heteroatoms. The van der Waals surface area contributed by atoms with Crippen molar-refractivity contribution in [2.75, 3.05) is 0 Å². The average molecular weight is 362 g/mol. The summed E-state index contributed by atoms with van der Waals surface area (Å²) in [4.78, 5) is 7.38. The van der Waals surface area contributed by atoms with Crippen molar-refractivity contribution in [3.63, 3.8) is 0 Å². The Labute approximate surface area is 158 Å². The topological polar surface area (TPSA) is 31.6 Å². The van der Waals surface area contributed by atoms with Crippen LogP contribution >= 0.6 is 11.3 Å². The first-order valence-corrected chi connectivity index (χ1v) is 9.95. The molecule has 0 saturated heterocycles. The maximum Gasteiger partial charge on any atom is 0.0560 e. The van der Waals surface area contributed by atoms with E-state index in [-0.39, 0.29) is 0 Å². The van der Waals surface area contributed by atoms with E-state index in [1.807, 2.05) is 11.3 Å². The minimum Gasteiger partial charge on any atom is -0.354 e. The number of aromatic nitrogens is 2. The number of rotatable bonds is 0. The number of thiophene rings is 1. The van der Waals surface area contributed by atoms with E-state index in [9.17, 15) is 0 Å². The molecule has 4 aromatic carbocycles. The lowest BCUT2D eigenvalue weighted by Crippen LogP contribution is -1.74. The van der Waals surface area contributed by atoms with Crippen molar-refractivity contribution >= 4 is 75.1 Å². The van der Waals surface area contributed by atoms with Crippen molar-refractivity contribution in [1.29, 1.82) is 0 Å². The number of nitrogens with one attached hydrogen (secondary N) is 2. The summed E-state index contributed by atoms with van der Waals surface area (Å²) >= 11 is 1.87. The molecule has 0 radical (unpaired) electrons. The number of hydrogen-bond acceptors (Lipinski definition) is 1. The zero-order valence-corrected chi connectivity index (χ0v) is 15.2. The highest BCUT2D eigenvalue weighted by Gasteiger charge is 2.16. The molecule has 0 saturated carbocycles. The van der Waals surface area contributed by atoms with Crippen LogP contribution in [0.2, 0.25) is 0 Å². The van der Waals surface area contributed by atoms with Crippen molar-refractivity contribution < 1.29 is 0 Å². The Balaban J connectivity index is 1.81. The molecular formula is C24H14N2S. The Kier molecular flexibility index (Phi) is 2.41. The summed E-state index contributed by atoms with van der Waals surface area (Å²) in [5.41, 5.74) is 4.88. The Morgan fingerprint density at radius 2 is 0.963 bits per heavy atom. The highest BCUT2D eigenvalue weighted by molar-refractivity contribution is 7.26. The molecule has 0 aliphatic carbocycles. The van der Waals surface area contributed by atoms with Crippen molar-refractivity contribution in [3.05, 3.63) is 72.8 Å². The summed E-state index contributed by atoms with van der Waals surface area (Å²) < 4.78 is 2.66. The fourth-order valence-corrected chi connectivity index (χ4v) is 5.71. The monoisotopic (exact) mass is 362 g/mol. The van der Waals surface area contributed by atoms with Crippen molar-refractivity contribution in [3.8, 4) is 0 Å². The van der Waals surface area contributed by atoms with Crippen molar-refractivity contribution in [2.45, 2.75) is 0 Å². The maximum absolute atomic E-state index is 3.69. The van der Waals surface area contributed by atoms with Gasteiger partial charge in [-0.2, -0.15) is 0 Å². The molecule has 27 heavy (non-hydrogen) atoms. The quantitative estimate of drug-likeness (QED) is 0.283. The predicted octanol–water partition coefficient (Wildman–Crippen LogP) is 7.32. The zero-order valence-electron chi connectivity index (χ0n) is 14.3. The van der Waals surface area contributed by atoms with Crippen LogP contribution in [0.4, 0.5) is 0 Å². The van der Waals surface area contributed by atoms with Gasteiger partial charge in [-0.05, 0) is 24.3 Å². The number of aromatic amines is 2. The van der Waals surface area contributed by atoms with Crippen LogP contribution in [-0.2, 0) is 0 Å². The Morgan fingerprint density at radius 3 is 1.48 bits per heavy atom. The fourth-order valence-electron chi connectivity index (χ4n) is 4.58. The molecule has 0 fully saturated rings. The molecule has 126 valence electrons. The first-order chi connectivity index (χ1) is 13.4. The predicted molar refractivity (Wildman–Crippen MR) is 118 cm³/mol. The number of H-pyrrole nitrogens is 2. The van der Waals surface area contributed by atoms with Gasteiger partial charge in [0.25, 0.3) is 0 Å². The second-order valence-electron chi connectivity index (χ2n) is 7.17. The minimum absolute atomic E-state index is 1.20. The normalized spacial score (nSPS) is 12.4. The molecule has 7 rings (SSSR count). The summed E-state index contributed by atoms with van der Waals surface area (Å²) in [5, 5.41) is 7.84. The van der Waals surface area contributed by atoms with Crippen LogP contribution in [0.1, 0.15) is 0 Å². The molecule has 0 bridgehead atoms. The van der Waals surface area contributed by atoms with E-state index in [1.54, 1.807) is 0 Å². The van der Waals surface area contributed by atoms with Gasteiger partial charge in [-0.3, -0.25) is 0 Å². The van der Waals surface area contributed by atoms with Gasteiger partial charge in [0, 0.05) is 52.8 Å². The second-order valence-corrected chi connectivity index (χ2v) is 8.25. The summed E-state index contributed by atoms with van der Waals surface area (Å²) in [5.74, 6) is 0. The smallest absolute Gasteiger partial charge is 0.0560 e. The van der Waals surface area contributed by atoms with Gasteiger partial charge in [0.2, 0.25) is 0 Å². The summed E-state index contributed by atoms with van der Waals surface area (Å²) in [6.45, 7) is 0. The van der Waals surface area contributed by atoms with E-state index in [0.29, 0.717) is 0 Å². The average Bonchev–Trinajstić information content (AvgIpc) is 3.37. The van der Waals surface area contributed by atoms with Crippen molar-refractivity contribution in [1.82, 2.24) is 9.97 Å². The molecular weight excluding hydrogens is 348 g/mol. The van der Waals surface area contributed by atoms with E-state index < -0.39 is 0 Å². The highest BCUT2D eigenvalue weighted by atomic mass is 32.1. The Bertz CT molecular complexity index is 1550. The molecule has 2 nitrogen and oxygen atoms in total. The Hall–Kier alpha value is -3.30. The van der Waals surface area contributed by atoms with Crippen LogP contribution < -0.4 is 0 Å². The fraction of sp³-hybridized carbons (Fsp3) is 0. The molecule has 0 amide bonds. The van der Waals surface area contributed by atoms with E-state index >= 15 is 0 Å². The molecule has 2 N–H and O–H groups in total. The summed E-state index contributed by atoms with van der Waals surface area (Å²) in [6, 6.07) is 26.2. The molecule has 3 aromatic heterocycles. The summed E-state index contributed by atoms with van der Waals surface area (Å²) in [6.07, 6.45) is 0. The van der Waals surface area contributed by atoms with Gasteiger partial charge in [0.05, 0.1) is 11.0 Å². The van der Waals surface area contributed by atoms with Gasteiger partial charge >= 0.3 is 0 Å². The molecule has 0 spiro atoms. The molecule has 0 atom stereocenters. The van der Waals surface area contributed by atoms with Gasteiger partial charge in [-0.25, -0.2) is 0 Å². The highest BCUT2D eigenvalue weighted by Crippen LogP contribution is 2.44. The van der Waals surface area contributed by atoms with Gasteiger partial charge in [0.1, 0.15) is 0 Å². The van der Waals surface area contributed by atoms with Crippen molar-refractivity contribution in [2.24, 2.45) is 0 Å². The zero-order chi connectivity index (χ0) is 17.5. The van der Waals surface area contributed by atoms with E-state index in [1.165, 1.54) is 63.8 Å². The number of benzene rings is 4. The van der Waals surface area contributed by atoms with E-state index in [0.717, 1.165) is 0 Å². The number of fused-ring (bicyclic) bond motifs is 11. The maximum atomic E-state index is 3.69. The first kappa shape index (κ1) is 13.8. The molecule has 0 unspecified atom stereocenters. The first-order valence-electron chi connectivity index (χ1n) is 9.13. The SMILES string of the molecule is c1ccc2c(c1)[nH]c1c2ccc2sc3ccc4c5ccccc5[nH]c4c3c21. The van der Waals surface area contributed by atoms with Crippen LogP contribution in [-0.4, -0.2) is 9.97 Å². The lowest BCUT2D eigenvalue weighted by Gasteiger charge is -1.98. The second kappa shape index (κ2) is 4.70. The minimum atomic E-state index is 1.20. The van der Waals surface area contributed by atoms with Crippen LogP contribution in [0.25, 0.3) is 63.8 Å². The van der Waals surface area contributed by atoms with E-state index in [2.05, 4.69) is 82.8 Å². The lowest BCUT2D eigenvalue weighted by molar-refractivity contribution is 1.56. The van der Waals surface area contributed by atoms with Gasteiger partial charge in [0.15, 0.2) is 0 Å². The number of hydrogen-bond donors (Lipinski definition) is 2. The molecule has 0 aliphatic rings. The third kappa shape index (κ3) is 1.65. The molecule has 0 aliphatic heterocycles. The molecule has 7 aromatic rings. The largest absolute Gasteiger partial charge is 0.354 e. The third-order valence-corrected chi connectivity index (χ3v) is 6.88. The summed E-state index contributed by atoms with van der Waals surface area (Å²) in [7, 11) is 0.